The maximum Gasteiger partial charge on any atom is 0.306 e. The van der Waals surface area contributed by atoms with E-state index >= 15 is 0 Å². The Hall–Kier alpha value is -1.32. The maximum atomic E-state index is 12.4. The molecule has 4 nitrogen and oxygen atoms in total. The van der Waals surface area contributed by atoms with Gasteiger partial charge in [0.15, 0.2) is 0 Å². The predicted molar refractivity (Wildman–Crippen MR) is 158 cm³/mol. The Morgan fingerprint density at radius 2 is 1.03 bits per heavy atom. The van der Waals surface area contributed by atoms with E-state index in [-0.39, 0.29) is 18.5 Å². The summed E-state index contributed by atoms with van der Waals surface area (Å²) in [7, 11) is 0. The molecule has 0 aliphatic carbocycles. The first-order chi connectivity index (χ1) is 18.1. The molecule has 4 heteroatoms. The van der Waals surface area contributed by atoms with Crippen LogP contribution in [0.4, 0.5) is 0 Å². The van der Waals surface area contributed by atoms with E-state index in [1.165, 1.54) is 103 Å². The van der Waals surface area contributed by atoms with Crippen molar-refractivity contribution in [1.82, 2.24) is 0 Å². The summed E-state index contributed by atoms with van der Waals surface area (Å²) >= 11 is 0. The van der Waals surface area contributed by atoms with Gasteiger partial charge in [-0.25, -0.2) is 0 Å². The zero-order chi connectivity index (χ0) is 27.2. The van der Waals surface area contributed by atoms with Crippen LogP contribution < -0.4 is 0 Å². The molecule has 1 unspecified atom stereocenters. The van der Waals surface area contributed by atoms with Crippen LogP contribution in [0.25, 0.3) is 0 Å². The SMILES string of the molecule is CCCCC/C=C\C(CCCCCCC(=O)O)OC(=O)CCCCCCCCCCCCCCCCC. The van der Waals surface area contributed by atoms with Crippen molar-refractivity contribution in [3.05, 3.63) is 12.2 Å². The van der Waals surface area contributed by atoms with Gasteiger partial charge in [-0.05, 0) is 44.6 Å². The lowest BCUT2D eigenvalue weighted by atomic mass is 10.0. The fourth-order valence-electron chi connectivity index (χ4n) is 4.80. The second-order valence-electron chi connectivity index (χ2n) is 11.0. The molecule has 0 aromatic carbocycles. The maximum absolute atomic E-state index is 12.4. The molecule has 1 atom stereocenters. The number of allylic oxidation sites excluding steroid dienone is 1. The minimum Gasteiger partial charge on any atom is -0.481 e. The summed E-state index contributed by atoms with van der Waals surface area (Å²) in [6, 6.07) is 0. The molecular formula is C33H62O4. The lowest BCUT2D eigenvalue weighted by molar-refractivity contribution is -0.147. The first-order valence-corrected chi connectivity index (χ1v) is 16.2. The second-order valence-corrected chi connectivity index (χ2v) is 11.0. The Balaban J connectivity index is 3.84. The fourth-order valence-corrected chi connectivity index (χ4v) is 4.80. The summed E-state index contributed by atoms with van der Waals surface area (Å²) in [5, 5.41) is 8.75. The van der Waals surface area contributed by atoms with E-state index in [0.717, 1.165) is 51.4 Å². The largest absolute Gasteiger partial charge is 0.481 e. The van der Waals surface area contributed by atoms with Gasteiger partial charge in [-0.15, -0.1) is 0 Å². The highest BCUT2D eigenvalue weighted by Gasteiger charge is 2.11. The lowest BCUT2D eigenvalue weighted by Crippen LogP contribution is -2.16. The molecule has 1 N–H and O–H groups in total. The van der Waals surface area contributed by atoms with Crippen molar-refractivity contribution in [2.45, 2.75) is 187 Å². The molecule has 0 saturated carbocycles. The summed E-state index contributed by atoms with van der Waals surface area (Å²) in [5.74, 6) is -0.788. The quantitative estimate of drug-likeness (QED) is 0.0602. The molecule has 0 spiro atoms. The summed E-state index contributed by atoms with van der Waals surface area (Å²) in [6.45, 7) is 4.48. The van der Waals surface area contributed by atoms with Gasteiger partial charge in [0.2, 0.25) is 0 Å². The molecule has 0 heterocycles. The summed E-state index contributed by atoms with van der Waals surface area (Å²) in [5.41, 5.74) is 0. The highest BCUT2D eigenvalue weighted by atomic mass is 16.5. The molecule has 0 fully saturated rings. The van der Waals surface area contributed by atoms with Crippen LogP contribution in [0.1, 0.15) is 181 Å². The minimum atomic E-state index is -0.722. The van der Waals surface area contributed by atoms with E-state index in [2.05, 4.69) is 26.0 Å². The van der Waals surface area contributed by atoms with Crippen LogP contribution in [0.3, 0.4) is 0 Å². The monoisotopic (exact) mass is 522 g/mol. The van der Waals surface area contributed by atoms with Crippen molar-refractivity contribution in [2.75, 3.05) is 0 Å². The number of ether oxygens (including phenoxy) is 1. The topological polar surface area (TPSA) is 63.6 Å². The van der Waals surface area contributed by atoms with E-state index < -0.39 is 5.97 Å². The molecule has 0 rings (SSSR count). The van der Waals surface area contributed by atoms with Gasteiger partial charge in [-0.2, -0.15) is 0 Å². The number of esters is 1. The Morgan fingerprint density at radius 3 is 1.54 bits per heavy atom. The molecule has 0 aromatic rings. The van der Waals surface area contributed by atoms with Gasteiger partial charge < -0.3 is 9.84 Å². The molecule has 218 valence electrons. The first kappa shape index (κ1) is 35.7. The van der Waals surface area contributed by atoms with Crippen LogP contribution in [0.5, 0.6) is 0 Å². The number of carbonyl (C=O) groups is 2. The third-order valence-electron chi connectivity index (χ3n) is 7.22. The Morgan fingerprint density at radius 1 is 0.595 bits per heavy atom. The van der Waals surface area contributed by atoms with Crippen LogP contribution >= 0.6 is 0 Å². The van der Waals surface area contributed by atoms with Crippen LogP contribution in [0.2, 0.25) is 0 Å². The van der Waals surface area contributed by atoms with E-state index in [0.29, 0.717) is 6.42 Å². The average Bonchev–Trinajstić information content (AvgIpc) is 2.87. The van der Waals surface area contributed by atoms with Crippen LogP contribution in [-0.4, -0.2) is 23.1 Å². The minimum absolute atomic E-state index is 0.0659. The van der Waals surface area contributed by atoms with E-state index in [1.54, 1.807) is 0 Å². The third kappa shape index (κ3) is 29.1. The Kier molecular flexibility index (Phi) is 28.2. The second kappa shape index (κ2) is 29.2. The number of carbonyl (C=O) groups excluding carboxylic acids is 1. The van der Waals surface area contributed by atoms with Crippen molar-refractivity contribution >= 4 is 11.9 Å². The molecule has 0 amide bonds. The van der Waals surface area contributed by atoms with Crippen LogP contribution in [-0.2, 0) is 14.3 Å². The zero-order valence-electron chi connectivity index (χ0n) is 24.8. The van der Waals surface area contributed by atoms with Crippen molar-refractivity contribution in [3.63, 3.8) is 0 Å². The first-order valence-electron chi connectivity index (χ1n) is 16.2. The van der Waals surface area contributed by atoms with Gasteiger partial charge in [-0.1, -0.05) is 135 Å². The van der Waals surface area contributed by atoms with Crippen LogP contribution in [0, 0.1) is 0 Å². The smallest absolute Gasteiger partial charge is 0.306 e. The number of hydrogen-bond acceptors (Lipinski definition) is 3. The molecule has 37 heavy (non-hydrogen) atoms. The molecule has 0 aliphatic heterocycles. The number of unbranched alkanes of at least 4 members (excludes halogenated alkanes) is 20. The standard InChI is InChI=1S/C33H62O4/c1-3-5-7-9-10-11-12-13-14-15-16-17-18-20-26-30-33(36)37-31(27-23-19-8-6-4-2)28-24-21-22-25-29-32(34)35/h23,27,31H,3-22,24-26,28-30H2,1-2H3,(H,34,35)/b27-23-. The van der Waals surface area contributed by atoms with Crippen molar-refractivity contribution < 1.29 is 19.4 Å². The Bertz CT molecular complexity index is 528. The number of rotatable bonds is 29. The van der Waals surface area contributed by atoms with Crippen LogP contribution in [0.15, 0.2) is 12.2 Å². The average molecular weight is 523 g/mol. The molecule has 0 aliphatic rings. The third-order valence-corrected chi connectivity index (χ3v) is 7.22. The molecule has 0 radical (unpaired) electrons. The number of carboxylic acid groups (broad SMARTS) is 1. The van der Waals surface area contributed by atoms with E-state index in [9.17, 15) is 9.59 Å². The summed E-state index contributed by atoms with van der Waals surface area (Å²) < 4.78 is 5.80. The van der Waals surface area contributed by atoms with Gasteiger partial charge in [-0.3, -0.25) is 9.59 Å². The molecule has 0 bridgehead atoms. The fraction of sp³-hybridized carbons (Fsp3) is 0.879. The Labute approximate surface area is 230 Å². The molecule has 0 aromatic heterocycles. The van der Waals surface area contributed by atoms with Crippen molar-refractivity contribution in [1.29, 1.82) is 0 Å². The number of hydrogen-bond donors (Lipinski definition) is 1. The normalized spacial score (nSPS) is 12.3. The highest BCUT2D eigenvalue weighted by Crippen LogP contribution is 2.16. The van der Waals surface area contributed by atoms with E-state index in [1.807, 2.05) is 0 Å². The van der Waals surface area contributed by atoms with Gasteiger partial charge in [0.05, 0.1) is 0 Å². The van der Waals surface area contributed by atoms with Gasteiger partial charge >= 0.3 is 11.9 Å². The van der Waals surface area contributed by atoms with Gasteiger partial charge in [0, 0.05) is 12.8 Å². The van der Waals surface area contributed by atoms with Crippen molar-refractivity contribution in [3.8, 4) is 0 Å². The number of carboxylic acids is 1. The number of aliphatic carboxylic acids is 1. The molecular weight excluding hydrogens is 460 g/mol. The lowest BCUT2D eigenvalue weighted by Gasteiger charge is -2.15. The van der Waals surface area contributed by atoms with Gasteiger partial charge in [0.1, 0.15) is 6.10 Å². The van der Waals surface area contributed by atoms with E-state index in [4.69, 9.17) is 9.84 Å². The summed E-state index contributed by atoms with van der Waals surface area (Å²) in [6.07, 6.45) is 33.9. The van der Waals surface area contributed by atoms with Crippen molar-refractivity contribution in [2.24, 2.45) is 0 Å². The molecule has 0 saturated heterocycles. The zero-order valence-corrected chi connectivity index (χ0v) is 24.8. The summed E-state index contributed by atoms with van der Waals surface area (Å²) in [4.78, 5) is 23.0. The van der Waals surface area contributed by atoms with Gasteiger partial charge in [0.25, 0.3) is 0 Å². The predicted octanol–water partition coefficient (Wildman–Crippen LogP) is 10.7. The highest BCUT2D eigenvalue weighted by molar-refractivity contribution is 5.69.